The van der Waals surface area contributed by atoms with Crippen molar-refractivity contribution < 1.29 is 0 Å². The standard InChI is InChI=1S/C14H19N5S/c1-2-6-13(7-3-1)19-14(16-17-18-19)20-10-8-12-5-4-9-15-11-12/h4-5,9,11,13H,1-3,6-8,10H2. The van der Waals surface area contributed by atoms with Crippen molar-refractivity contribution in [1.29, 1.82) is 0 Å². The Balaban J connectivity index is 1.56. The molecule has 0 N–H and O–H groups in total. The van der Waals surface area contributed by atoms with Crippen molar-refractivity contribution in [3.63, 3.8) is 0 Å². The molecule has 5 nitrogen and oxygen atoms in total. The van der Waals surface area contributed by atoms with E-state index in [2.05, 4.69) is 26.6 Å². The summed E-state index contributed by atoms with van der Waals surface area (Å²) in [5, 5.41) is 13.2. The van der Waals surface area contributed by atoms with Crippen molar-refractivity contribution in [2.75, 3.05) is 5.75 Å². The number of tetrazole rings is 1. The van der Waals surface area contributed by atoms with Crippen LogP contribution >= 0.6 is 11.8 Å². The number of aryl methyl sites for hydroxylation is 1. The molecular formula is C14H19N5S. The van der Waals surface area contributed by atoms with Crippen LogP contribution in [0.2, 0.25) is 0 Å². The van der Waals surface area contributed by atoms with Crippen LogP contribution in [0.1, 0.15) is 43.7 Å². The van der Waals surface area contributed by atoms with E-state index < -0.39 is 0 Å². The van der Waals surface area contributed by atoms with E-state index in [1.54, 1.807) is 18.0 Å². The molecule has 1 aliphatic carbocycles. The van der Waals surface area contributed by atoms with E-state index in [0.29, 0.717) is 6.04 Å². The molecule has 20 heavy (non-hydrogen) atoms. The minimum absolute atomic E-state index is 0.500. The molecule has 0 saturated heterocycles. The molecule has 106 valence electrons. The zero-order chi connectivity index (χ0) is 13.6. The summed E-state index contributed by atoms with van der Waals surface area (Å²) >= 11 is 1.74. The summed E-state index contributed by atoms with van der Waals surface area (Å²) in [6, 6.07) is 4.59. The van der Waals surface area contributed by atoms with Gasteiger partial charge in [0, 0.05) is 18.1 Å². The molecule has 2 aromatic heterocycles. The molecule has 0 bridgehead atoms. The highest BCUT2D eigenvalue weighted by molar-refractivity contribution is 7.99. The van der Waals surface area contributed by atoms with Gasteiger partial charge in [0.25, 0.3) is 0 Å². The van der Waals surface area contributed by atoms with Crippen LogP contribution in [-0.4, -0.2) is 30.9 Å². The Hall–Kier alpha value is -1.43. The van der Waals surface area contributed by atoms with Gasteiger partial charge in [-0.15, -0.1) is 5.10 Å². The summed E-state index contributed by atoms with van der Waals surface area (Å²) in [5.74, 6) is 0.985. The quantitative estimate of drug-likeness (QED) is 0.792. The third kappa shape index (κ3) is 3.36. The fourth-order valence-corrected chi connectivity index (χ4v) is 3.57. The van der Waals surface area contributed by atoms with Gasteiger partial charge in [-0.25, -0.2) is 4.68 Å². The highest BCUT2D eigenvalue weighted by Gasteiger charge is 2.19. The normalized spacial score (nSPS) is 16.4. The highest BCUT2D eigenvalue weighted by atomic mass is 32.2. The second kappa shape index (κ2) is 6.83. The Kier molecular flexibility index (Phi) is 4.63. The lowest BCUT2D eigenvalue weighted by atomic mass is 9.96. The van der Waals surface area contributed by atoms with Gasteiger partial charge in [-0.2, -0.15) is 0 Å². The van der Waals surface area contributed by atoms with Gasteiger partial charge in [0.2, 0.25) is 5.16 Å². The van der Waals surface area contributed by atoms with Gasteiger partial charge in [-0.05, 0) is 41.3 Å². The summed E-state index contributed by atoms with van der Waals surface area (Å²) in [5.41, 5.74) is 1.26. The maximum atomic E-state index is 4.19. The number of aromatic nitrogens is 5. The lowest BCUT2D eigenvalue weighted by Crippen LogP contribution is -2.15. The second-order valence-corrected chi connectivity index (χ2v) is 6.22. The summed E-state index contributed by atoms with van der Waals surface area (Å²) < 4.78 is 2.03. The van der Waals surface area contributed by atoms with Crippen molar-refractivity contribution >= 4 is 11.8 Å². The van der Waals surface area contributed by atoms with Crippen LogP contribution in [0.5, 0.6) is 0 Å². The second-order valence-electron chi connectivity index (χ2n) is 5.16. The minimum Gasteiger partial charge on any atom is -0.264 e. The van der Waals surface area contributed by atoms with Crippen molar-refractivity contribution in [2.24, 2.45) is 0 Å². The molecular weight excluding hydrogens is 270 g/mol. The van der Waals surface area contributed by atoms with Gasteiger partial charge >= 0.3 is 0 Å². The maximum Gasteiger partial charge on any atom is 0.209 e. The molecule has 0 spiro atoms. The first kappa shape index (κ1) is 13.5. The SMILES string of the molecule is c1cncc(CCSc2nnnn2C2CCCCC2)c1. The number of pyridine rings is 1. The number of rotatable bonds is 5. The average Bonchev–Trinajstić information content (AvgIpc) is 2.98. The Morgan fingerprint density at radius 3 is 2.95 bits per heavy atom. The molecule has 2 heterocycles. The van der Waals surface area contributed by atoms with Gasteiger partial charge in [0.1, 0.15) is 0 Å². The smallest absolute Gasteiger partial charge is 0.209 e. The third-order valence-corrected chi connectivity index (χ3v) is 4.66. The first-order chi connectivity index (χ1) is 9.93. The Morgan fingerprint density at radius 1 is 1.25 bits per heavy atom. The van der Waals surface area contributed by atoms with Crippen molar-refractivity contribution in [1.82, 2.24) is 25.2 Å². The Morgan fingerprint density at radius 2 is 2.15 bits per heavy atom. The van der Waals surface area contributed by atoms with Crippen LogP contribution in [0.25, 0.3) is 0 Å². The molecule has 0 radical (unpaired) electrons. The Bertz CT molecular complexity index is 521. The van der Waals surface area contributed by atoms with Gasteiger partial charge in [0.05, 0.1) is 6.04 Å². The largest absolute Gasteiger partial charge is 0.264 e. The molecule has 2 aromatic rings. The molecule has 1 fully saturated rings. The monoisotopic (exact) mass is 289 g/mol. The number of nitrogens with zero attached hydrogens (tertiary/aromatic N) is 5. The van der Waals surface area contributed by atoms with Crippen LogP contribution in [0, 0.1) is 0 Å². The van der Waals surface area contributed by atoms with Gasteiger partial charge < -0.3 is 0 Å². The predicted octanol–water partition coefficient (Wildman–Crippen LogP) is 2.91. The van der Waals surface area contributed by atoms with Crippen molar-refractivity contribution in [3.8, 4) is 0 Å². The molecule has 0 aromatic carbocycles. The van der Waals surface area contributed by atoms with Crippen molar-refractivity contribution in [3.05, 3.63) is 30.1 Å². The Labute approximate surface area is 123 Å². The van der Waals surface area contributed by atoms with Crippen LogP contribution in [0.3, 0.4) is 0 Å². The topological polar surface area (TPSA) is 56.5 Å². The van der Waals surface area contributed by atoms with Crippen LogP contribution in [0.4, 0.5) is 0 Å². The number of hydrogen-bond acceptors (Lipinski definition) is 5. The lowest BCUT2D eigenvalue weighted by Gasteiger charge is -2.21. The van der Waals surface area contributed by atoms with Gasteiger partial charge in [-0.1, -0.05) is 37.1 Å². The van der Waals surface area contributed by atoms with Gasteiger partial charge in [-0.3, -0.25) is 4.98 Å². The number of hydrogen-bond donors (Lipinski definition) is 0. The molecule has 0 atom stereocenters. The summed E-state index contributed by atoms with van der Waals surface area (Å²) in [7, 11) is 0. The first-order valence-electron chi connectivity index (χ1n) is 7.23. The summed E-state index contributed by atoms with van der Waals surface area (Å²) in [4.78, 5) is 4.14. The van der Waals surface area contributed by atoms with E-state index in [1.165, 1.54) is 37.7 Å². The van der Waals surface area contributed by atoms with E-state index in [4.69, 9.17) is 0 Å². The summed E-state index contributed by atoms with van der Waals surface area (Å²) in [6.45, 7) is 0. The zero-order valence-corrected chi connectivity index (χ0v) is 12.3. The average molecular weight is 289 g/mol. The number of thioether (sulfide) groups is 1. The first-order valence-corrected chi connectivity index (χ1v) is 8.21. The molecule has 3 rings (SSSR count). The van der Waals surface area contributed by atoms with E-state index in [1.807, 2.05) is 16.9 Å². The van der Waals surface area contributed by atoms with Crippen LogP contribution in [-0.2, 0) is 6.42 Å². The summed E-state index contributed by atoms with van der Waals surface area (Å²) in [6.07, 6.45) is 11.1. The van der Waals surface area contributed by atoms with Crippen molar-refractivity contribution in [2.45, 2.75) is 49.7 Å². The lowest BCUT2D eigenvalue weighted by molar-refractivity contribution is 0.307. The fourth-order valence-electron chi connectivity index (χ4n) is 2.64. The predicted molar refractivity (Wildman–Crippen MR) is 78.6 cm³/mol. The van der Waals surface area contributed by atoms with Crippen LogP contribution < -0.4 is 0 Å². The molecule has 1 aliphatic rings. The molecule has 6 heteroatoms. The van der Waals surface area contributed by atoms with E-state index in [0.717, 1.165) is 17.3 Å². The molecule has 1 saturated carbocycles. The highest BCUT2D eigenvalue weighted by Crippen LogP contribution is 2.30. The third-order valence-electron chi connectivity index (χ3n) is 3.73. The molecule has 0 amide bonds. The van der Waals surface area contributed by atoms with E-state index >= 15 is 0 Å². The fraction of sp³-hybridized carbons (Fsp3) is 0.571. The van der Waals surface area contributed by atoms with E-state index in [-0.39, 0.29) is 0 Å². The molecule has 0 unspecified atom stereocenters. The van der Waals surface area contributed by atoms with Crippen LogP contribution in [0.15, 0.2) is 29.7 Å². The maximum absolute atomic E-state index is 4.19. The minimum atomic E-state index is 0.500. The van der Waals surface area contributed by atoms with Gasteiger partial charge in [0.15, 0.2) is 0 Å². The zero-order valence-electron chi connectivity index (χ0n) is 11.5. The molecule has 0 aliphatic heterocycles. The van der Waals surface area contributed by atoms with E-state index in [9.17, 15) is 0 Å².